The second kappa shape index (κ2) is 6.61. The van der Waals surface area contributed by atoms with E-state index in [-0.39, 0.29) is 4.90 Å². The Labute approximate surface area is 125 Å². The molecule has 0 bridgehead atoms. The Morgan fingerprint density at radius 3 is 2.23 bits per heavy atom. The third kappa shape index (κ3) is 5.26. The number of hydrogen-bond donors (Lipinski definition) is 1. The van der Waals surface area contributed by atoms with E-state index < -0.39 is 40.5 Å². The average molecular weight is 342 g/mol. The van der Waals surface area contributed by atoms with Crippen LogP contribution in [0.2, 0.25) is 0 Å². The van der Waals surface area contributed by atoms with Gasteiger partial charge in [-0.3, -0.25) is 9.69 Å². The molecule has 0 spiro atoms. The van der Waals surface area contributed by atoms with Crippen molar-refractivity contribution in [3.8, 4) is 0 Å². The predicted octanol–water partition coefficient (Wildman–Crippen LogP) is 1.51. The van der Waals surface area contributed by atoms with Gasteiger partial charge in [-0.2, -0.15) is 13.2 Å². The SMILES string of the molecule is CC(C(=O)NS(=O)(=O)c1ccc(F)cc1)N(C)CC(F)(F)F. The highest BCUT2D eigenvalue weighted by Crippen LogP contribution is 2.17. The lowest BCUT2D eigenvalue weighted by molar-refractivity contribution is -0.150. The molecule has 0 saturated carbocycles. The second-order valence-corrected chi connectivity index (χ2v) is 6.31. The lowest BCUT2D eigenvalue weighted by Gasteiger charge is -2.24. The van der Waals surface area contributed by atoms with Gasteiger partial charge in [0.2, 0.25) is 0 Å². The molecule has 1 amide bonds. The summed E-state index contributed by atoms with van der Waals surface area (Å²) >= 11 is 0. The van der Waals surface area contributed by atoms with Gasteiger partial charge < -0.3 is 0 Å². The van der Waals surface area contributed by atoms with Crippen molar-refractivity contribution in [1.29, 1.82) is 0 Å². The Morgan fingerprint density at radius 1 is 1.27 bits per heavy atom. The first-order valence-electron chi connectivity index (χ1n) is 6.01. The van der Waals surface area contributed by atoms with Crippen molar-refractivity contribution < 1.29 is 30.8 Å². The van der Waals surface area contributed by atoms with E-state index in [1.807, 2.05) is 0 Å². The van der Waals surface area contributed by atoms with Crippen molar-refractivity contribution in [2.24, 2.45) is 0 Å². The molecule has 1 aromatic rings. The van der Waals surface area contributed by atoms with Gasteiger partial charge in [0.25, 0.3) is 15.9 Å². The van der Waals surface area contributed by atoms with Crippen LogP contribution >= 0.6 is 0 Å². The first-order valence-corrected chi connectivity index (χ1v) is 7.50. The molecule has 5 nitrogen and oxygen atoms in total. The van der Waals surface area contributed by atoms with Crippen LogP contribution < -0.4 is 4.72 Å². The van der Waals surface area contributed by atoms with Crippen LogP contribution in [-0.2, 0) is 14.8 Å². The number of hydrogen-bond acceptors (Lipinski definition) is 4. The molecule has 0 radical (unpaired) electrons. The van der Waals surface area contributed by atoms with Crippen LogP contribution in [0, 0.1) is 5.82 Å². The third-order valence-electron chi connectivity index (χ3n) is 2.83. The summed E-state index contributed by atoms with van der Waals surface area (Å²) in [6, 6.07) is 2.33. The number of sulfonamides is 1. The number of carbonyl (C=O) groups is 1. The number of carbonyl (C=O) groups excluding carboxylic acids is 1. The third-order valence-corrected chi connectivity index (χ3v) is 4.19. The summed E-state index contributed by atoms with van der Waals surface area (Å²) in [5, 5.41) is 0. The summed E-state index contributed by atoms with van der Waals surface area (Å²) in [5.74, 6) is -1.78. The Morgan fingerprint density at radius 2 is 1.77 bits per heavy atom. The highest BCUT2D eigenvalue weighted by atomic mass is 32.2. The molecule has 0 heterocycles. The van der Waals surface area contributed by atoms with Gasteiger partial charge in [0, 0.05) is 0 Å². The van der Waals surface area contributed by atoms with E-state index in [2.05, 4.69) is 0 Å². The van der Waals surface area contributed by atoms with E-state index in [1.165, 1.54) is 0 Å². The summed E-state index contributed by atoms with van der Waals surface area (Å²) in [5.41, 5.74) is 0. The number of likely N-dealkylation sites (N-methyl/N-ethyl adjacent to an activating group) is 1. The van der Waals surface area contributed by atoms with Crippen molar-refractivity contribution in [3.05, 3.63) is 30.1 Å². The van der Waals surface area contributed by atoms with Crippen molar-refractivity contribution >= 4 is 15.9 Å². The number of nitrogens with zero attached hydrogens (tertiary/aromatic N) is 1. The highest BCUT2D eigenvalue weighted by molar-refractivity contribution is 7.90. The van der Waals surface area contributed by atoms with Gasteiger partial charge in [-0.25, -0.2) is 17.5 Å². The second-order valence-electron chi connectivity index (χ2n) is 4.63. The molecule has 1 aromatic carbocycles. The maximum atomic E-state index is 12.7. The van der Waals surface area contributed by atoms with Crippen LogP contribution in [0.4, 0.5) is 17.6 Å². The fraction of sp³-hybridized carbons (Fsp3) is 0.417. The Hall–Kier alpha value is -1.68. The van der Waals surface area contributed by atoms with Crippen LogP contribution in [0.25, 0.3) is 0 Å². The molecule has 1 atom stereocenters. The van der Waals surface area contributed by atoms with Gasteiger partial charge >= 0.3 is 6.18 Å². The summed E-state index contributed by atoms with van der Waals surface area (Å²) in [6.07, 6.45) is -4.51. The topological polar surface area (TPSA) is 66.5 Å². The van der Waals surface area contributed by atoms with Gasteiger partial charge in [-0.05, 0) is 38.2 Å². The van der Waals surface area contributed by atoms with Crippen molar-refractivity contribution in [2.45, 2.75) is 24.0 Å². The molecule has 1 rings (SSSR count). The molecule has 124 valence electrons. The minimum atomic E-state index is -4.51. The number of alkyl halides is 3. The Kier molecular flexibility index (Phi) is 5.52. The average Bonchev–Trinajstić information content (AvgIpc) is 2.35. The van der Waals surface area contributed by atoms with Crippen molar-refractivity contribution in [1.82, 2.24) is 9.62 Å². The maximum absolute atomic E-state index is 12.7. The van der Waals surface area contributed by atoms with E-state index in [9.17, 15) is 30.8 Å². The molecule has 0 aliphatic carbocycles. The van der Waals surface area contributed by atoms with Crippen LogP contribution in [0.1, 0.15) is 6.92 Å². The number of halogens is 4. The van der Waals surface area contributed by atoms with Crippen molar-refractivity contribution in [3.63, 3.8) is 0 Å². The smallest absolute Gasteiger partial charge is 0.287 e. The Balaban J connectivity index is 2.80. The fourth-order valence-electron chi connectivity index (χ4n) is 1.51. The number of nitrogens with one attached hydrogen (secondary N) is 1. The molecule has 0 aliphatic heterocycles. The zero-order chi connectivity index (χ0) is 17.1. The van der Waals surface area contributed by atoms with Crippen molar-refractivity contribution in [2.75, 3.05) is 13.6 Å². The molecule has 10 heteroatoms. The minimum absolute atomic E-state index is 0.368. The zero-order valence-electron chi connectivity index (χ0n) is 11.7. The molecule has 0 aromatic heterocycles. The quantitative estimate of drug-likeness (QED) is 0.824. The molecule has 22 heavy (non-hydrogen) atoms. The van der Waals surface area contributed by atoms with E-state index >= 15 is 0 Å². The predicted molar refractivity (Wildman–Crippen MR) is 69.9 cm³/mol. The fourth-order valence-corrected chi connectivity index (χ4v) is 2.56. The summed E-state index contributed by atoms with van der Waals surface area (Å²) in [6.45, 7) is -0.223. The molecule has 1 unspecified atom stereocenters. The minimum Gasteiger partial charge on any atom is -0.287 e. The first-order chi connectivity index (χ1) is 9.92. The molecule has 0 saturated heterocycles. The molecular formula is C12H14F4N2O3S. The number of amides is 1. The van der Waals surface area contributed by atoms with Crippen LogP contribution in [0.15, 0.2) is 29.2 Å². The molecular weight excluding hydrogens is 328 g/mol. The first kappa shape index (κ1) is 18.4. The molecule has 0 aliphatic rings. The summed E-state index contributed by atoms with van der Waals surface area (Å²) in [7, 11) is -3.23. The van der Waals surface area contributed by atoms with Crippen LogP contribution in [0.5, 0.6) is 0 Å². The summed E-state index contributed by atoms with van der Waals surface area (Å²) in [4.78, 5) is 12.0. The zero-order valence-corrected chi connectivity index (χ0v) is 12.5. The van der Waals surface area contributed by atoms with Gasteiger partial charge in [0.1, 0.15) is 5.82 Å². The Bertz CT molecular complexity index is 629. The van der Waals surface area contributed by atoms with Gasteiger partial charge in [0.15, 0.2) is 0 Å². The standard InChI is InChI=1S/C12H14F4N2O3S/c1-8(18(2)7-12(14,15)16)11(19)17-22(20,21)10-5-3-9(13)4-6-10/h3-6,8H,7H2,1-2H3,(H,17,19). The highest BCUT2D eigenvalue weighted by Gasteiger charge is 2.33. The number of rotatable bonds is 5. The molecule has 1 N–H and O–H groups in total. The van der Waals surface area contributed by atoms with Crippen LogP contribution in [0.3, 0.4) is 0 Å². The van der Waals surface area contributed by atoms with E-state index in [0.717, 1.165) is 38.2 Å². The van der Waals surface area contributed by atoms with Gasteiger partial charge in [-0.15, -0.1) is 0 Å². The normalized spacial score (nSPS) is 14.0. The van der Waals surface area contributed by atoms with E-state index in [1.54, 1.807) is 4.72 Å². The largest absolute Gasteiger partial charge is 0.401 e. The maximum Gasteiger partial charge on any atom is 0.401 e. The lowest BCUT2D eigenvalue weighted by Crippen LogP contribution is -2.47. The number of benzene rings is 1. The van der Waals surface area contributed by atoms with E-state index in [4.69, 9.17) is 0 Å². The molecule has 0 fully saturated rings. The van der Waals surface area contributed by atoms with Gasteiger partial charge in [0.05, 0.1) is 17.5 Å². The lowest BCUT2D eigenvalue weighted by atomic mass is 10.3. The monoisotopic (exact) mass is 342 g/mol. The van der Waals surface area contributed by atoms with Gasteiger partial charge in [-0.1, -0.05) is 0 Å². The summed E-state index contributed by atoms with van der Waals surface area (Å²) < 4.78 is 74.9. The van der Waals surface area contributed by atoms with Crippen LogP contribution in [-0.4, -0.2) is 45.0 Å². The van der Waals surface area contributed by atoms with E-state index in [0.29, 0.717) is 4.90 Å².